The van der Waals surface area contributed by atoms with Gasteiger partial charge in [-0.25, -0.2) is 4.39 Å². The Labute approximate surface area is 133 Å². The molecule has 5 heteroatoms. The molecule has 1 unspecified atom stereocenters. The molecule has 2 heterocycles. The molecule has 1 saturated heterocycles. The zero-order valence-electron chi connectivity index (χ0n) is 12.7. The van der Waals surface area contributed by atoms with E-state index in [1.165, 1.54) is 23.5 Å². The molecule has 0 spiro atoms. The van der Waals surface area contributed by atoms with E-state index in [1.54, 1.807) is 12.1 Å². The van der Waals surface area contributed by atoms with Crippen molar-refractivity contribution in [3.8, 4) is 10.4 Å². The first-order valence-corrected chi connectivity index (χ1v) is 8.26. The van der Waals surface area contributed by atoms with Crippen LogP contribution in [0.1, 0.15) is 22.2 Å². The summed E-state index contributed by atoms with van der Waals surface area (Å²) in [6.45, 7) is 6.47. The molecule has 1 fully saturated rings. The lowest BCUT2D eigenvalue weighted by molar-refractivity contribution is 0.0661. The minimum atomic E-state index is -0.246. The minimum absolute atomic E-state index is 0.0930. The summed E-state index contributed by atoms with van der Waals surface area (Å²) in [5.41, 5.74) is 2.01. The number of carbonyl (C=O) groups is 1. The lowest BCUT2D eigenvalue weighted by Gasteiger charge is -2.33. The topological polar surface area (TPSA) is 32.3 Å². The largest absolute Gasteiger partial charge is 0.333 e. The summed E-state index contributed by atoms with van der Waals surface area (Å²) >= 11 is 1.49. The maximum absolute atomic E-state index is 13.1. The summed E-state index contributed by atoms with van der Waals surface area (Å²) in [5.74, 6) is -0.153. The number of carbonyl (C=O) groups excluding carboxylic acids is 1. The smallest absolute Gasteiger partial charge is 0.264 e. The molecular formula is C17H19FN2OS. The highest BCUT2D eigenvalue weighted by molar-refractivity contribution is 7.17. The Balaban J connectivity index is 1.88. The van der Waals surface area contributed by atoms with Crippen LogP contribution < -0.4 is 5.32 Å². The van der Waals surface area contributed by atoms with Crippen LogP contribution in [-0.4, -0.2) is 36.5 Å². The van der Waals surface area contributed by atoms with Crippen LogP contribution in [0, 0.1) is 12.7 Å². The molecule has 0 bridgehead atoms. The number of hydrogen-bond donors (Lipinski definition) is 1. The Morgan fingerprint density at radius 1 is 1.36 bits per heavy atom. The third-order valence-electron chi connectivity index (χ3n) is 4.00. The van der Waals surface area contributed by atoms with Crippen LogP contribution in [0.15, 0.2) is 30.3 Å². The number of nitrogens with one attached hydrogen (secondary N) is 1. The third-order valence-corrected chi connectivity index (χ3v) is 5.27. The lowest BCUT2D eigenvalue weighted by Crippen LogP contribution is -2.52. The summed E-state index contributed by atoms with van der Waals surface area (Å²) in [4.78, 5) is 16.4. The Morgan fingerprint density at radius 2 is 2.09 bits per heavy atom. The van der Waals surface area contributed by atoms with Crippen LogP contribution in [0.2, 0.25) is 0 Å². The van der Waals surface area contributed by atoms with Gasteiger partial charge in [-0.1, -0.05) is 12.1 Å². The summed E-state index contributed by atoms with van der Waals surface area (Å²) in [7, 11) is 0. The van der Waals surface area contributed by atoms with E-state index in [0.717, 1.165) is 40.5 Å². The van der Waals surface area contributed by atoms with E-state index in [2.05, 4.69) is 12.2 Å². The van der Waals surface area contributed by atoms with Crippen molar-refractivity contribution >= 4 is 17.2 Å². The number of nitrogens with zero attached hydrogens (tertiary/aromatic N) is 1. The van der Waals surface area contributed by atoms with Crippen molar-refractivity contribution in [2.24, 2.45) is 0 Å². The van der Waals surface area contributed by atoms with Crippen molar-refractivity contribution in [3.63, 3.8) is 0 Å². The molecule has 0 radical (unpaired) electrons. The van der Waals surface area contributed by atoms with Gasteiger partial charge in [-0.2, -0.15) is 0 Å². The Hall–Kier alpha value is -1.72. The van der Waals surface area contributed by atoms with Gasteiger partial charge < -0.3 is 10.2 Å². The Morgan fingerprint density at radius 3 is 2.77 bits per heavy atom. The third kappa shape index (κ3) is 2.91. The van der Waals surface area contributed by atoms with Crippen LogP contribution >= 0.6 is 11.3 Å². The number of amides is 1. The van der Waals surface area contributed by atoms with Crippen molar-refractivity contribution in [2.45, 2.75) is 19.9 Å². The van der Waals surface area contributed by atoms with Crippen molar-refractivity contribution in [3.05, 3.63) is 46.6 Å². The van der Waals surface area contributed by atoms with Gasteiger partial charge in [0.2, 0.25) is 0 Å². The fourth-order valence-electron chi connectivity index (χ4n) is 2.76. The predicted molar refractivity (Wildman–Crippen MR) is 87.8 cm³/mol. The van der Waals surface area contributed by atoms with E-state index in [4.69, 9.17) is 0 Å². The molecule has 1 aromatic heterocycles. The minimum Gasteiger partial charge on any atom is -0.333 e. The first-order valence-electron chi connectivity index (χ1n) is 7.44. The highest BCUT2D eigenvalue weighted by atomic mass is 32.1. The van der Waals surface area contributed by atoms with Gasteiger partial charge >= 0.3 is 0 Å². The fourth-order valence-corrected chi connectivity index (χ4v) is 3.89. The average molecular weight is 318 g/mol. The fraction of sp³-hybridized carbons (Fsp3) is 0.353. The molecule has 1 aliphatic heterocycles. The molecule has 1 N–H and O–H groups in total. The van der Waals surface area contributed by atoms with Crippen molar-refractivity contribution in [1.29, 1.82) is 0 Å². The second-order valence-electron chi connectivity index (χ2n) is 5.68. The highest BCUT2D eigenvalue weighted by Crippen LogP contribution is 2.33. The quantitative estimate of drug-likeness (QED) is 0.921. The SMILES string of the molecule is Cc1cc(C(=O)N2CCNCC2C)sc1-c1ccc(F)cc1. The standard InChI is InChI=1S/C17H19FN2OS/c1-11-9-15(17(21)20-8-7-19-10-12(20)2)22-16(11)13-3-5-14(18)6-4-13/h3-6,9,12,19H,7-8,10H2,1-2H3. The predicted octanol–water partition coefficient (Wildman–Crippen LogP) is 3.30. The van der Waals surface area contributed by atoms with Crippen molar-refractivity contribution in [1.82, 2.24) is 10.2 Å². The van der Waals surface area contributed by atoms with E-state index in [-0.39, 0.29) is 17.8 Å². The van der Waals surface area contributed by atoms with Gasteiger partial charge in [0.05, 0.1) is 4.88 Å². The monoisotopic (exact) mass is 318 g/mol. The van der Waals surface area contributed by atoms with Gasteiger partial charge in [0.15, 0.2) is 0 Å². The van der Waals surface area contributed by atoms with Crippen LogP contribution in [0.5, 0.6) is 0 Å². The lowest BCUT2D eigenvalue weighted by atomic mass is 10.1. The van der Waals surface area contributed by atoms with Gasteiger partial charge in [0.25, 0.3) is 5.91 Å². The summed E-state index contributed by atoms with van der Waals surface area (Å²) in [6.07, 6.45) is 0. The number of aryl methyl sites for hydroxylation is 1. The molecule has 1 atom stereocenters. The van der Waals surface area contributed by atoms with Gasteiger partial charge in [-0.3, -0.25) is 4.79 Å². The molecule has 3 nitrogen and oxygen atoms in total. The van der Waals surface area contributed by atoms with Gasteiger partial charge in [-0.05, 0) is 43.2 Å². The van der Waals surface area contributed by atoms with Crippen LogP contribution in [-0.2, 0) is 0 Å². The summed E-state index contributed by atoms with van der Waals surface area (Å²) < 4.78 is 13.1. The van der Waals surface area contributed by atoms with Gasteiger partial charge in [-0.15, -0.1) is 11.3 Å². The second kappa shape index (κ2) is 6.18. The number of hydrogen-bond acceptors (Lipinski definition) is 3. The number of halogens is 1. The first kappa shape index (κ1) is 15.2. The van der Waals surface area contributed by atoms with Crippen LogP contribution in [0.4, 0.5) is 4.39 Å². The summed E-state index contributed by atoms with van der Waals surface area (Å²) in [6, 6.07) is 8.58. The zero-order valence-corrected chi connectivity index (χ0v) is 13.5. The first-order chi connectivity index (χ1) is 10.6. The molecule has 0 aliphatic carbocycles. The Bertz CT molecular complexity index is 680. The Kier molecular flexibility index (Phi) is 4.27. The van der Waals surface area contributed by atoms with Crippen LogP contribution in [0.3, 0.4) is 0 Å². The number of rotatable bonds is 2. The highest BCUT2D eigenvalue weighted by Gasteiger charge is 2.25. The van der Waals surface area contributed by atoms with E-state index in [9.17, 15) is 9.18 Å². The van der Waals surface area contributed by atoms with E-state index >= 15 is 0 Å². The van der Waals surface area contributed by atoms with Crippen molar-refractivity contribution in [2.75, 3.05) is 19.6 Å². The normalized spacial score (nSPS) is 18.5. The second-order valence-corrected chi connectivity index (χ2v) is 6.73. The molecule has 0 saturated carbocycles. The van der Waals surface area contributed by atoms with E-state index in [1.807, 2.05) is 17.9 Å². The molecule has 2 aromatic rings. The van der Waals surface area contributed by atoms with E-state index < -0.39 is 0 Å². The number of benzene rings is 1. The number of thiophene rings is 1. The molecule has 1 amide bonds. The van der Waals surface area contributed by atoms with Gasteiger partial charge in [0, 0.05) is 30.6 Å². The maximum atomic E-state index is 13.1. The molecule has 1 aromatic carbocycles. The van der Waals surface area contributed by atoms with E-state index in [0.29, 0.717) is 0 Å². The van der Waals surface area contributed by atoms with Crippen LogP contribution in [0.25, 0.3) is 10.4 Å². The summed E-state index contributed by atoms with van der Waals surface area (Å²) in [5, 5.41) is 3.29. The zero-order chi connectivity index (χ0) is 15.7. The maximum Gasteiger partial charge on any atom is 0.264 e. The molecule has 22 heavy (non-hydrogen) atoms. The molecule has 1 aliphatic rings. The average Bonchev–Trinajstić information content (AvgIpc) is 2.90. The number of piperazine rings is 1. The molecule has 3 rings (SSSR count). The van der Waals surface area contributed by atoms with Gasteiger partial charge in [0.1, 0.15) is 5.82 Å². The molecule has 116 valence electrons. The van der Waals surface area contributed by atoms with Crippen molar-refractivity contribution < 1.29 is 9.18 Å². The molecular weight excluding hydrogens is 299 g/mol.